The second kappa shape index (κ2) is 9.15. The Morgan fingerprint density at radius 2 is 1.56 bits per heavy atom. The molecule has 0 bridgehead atoms. The molecular weight excluding hydrogens is 332 g/mol. The van der Waals surface area contributed by atoms with Crippen LogP contribution < -0.4 is 0 Å². The molecule has 0 saturated carbocycles. The van der Waals surface area contributed by atoms with Crippen molar-refractivity contribution in [1.82, 2.24) is 9.80 Å². The first-order valence-corrected chi connectivity index (χ1v) is 9.48. The fourth-order valence-corrected chi connectivity index (χ4v) is 3.99. The van der Waals surface area contributed by atoms with Gasteiger partial charge in [-0.15, -0.1) is 0 Å². The normalized spacial score (nSPS) is 16.0. The number of aliphatic hydroxyl groups is 1. The number of carbonyl (C=O) groups excluding carboxylic acids is 1. The van der Waals surface area contributed by atoms with Crippen molar-refractivity contribution in [2.45, 2.75) is 9.79 Å². The number of β-amino-alcohol motifs (C(OH)–C–C–N with tert-alkyl or cyclic N) is 1. The standard InChI is InChI=1S/C20H24N2O2S/c23-15-14-21-10-12-22(13-11-21)16-19(24)18-8-4-5-9-20(18)25-17-6-2-1-3-7-17/h1-9,23H,10-16H2. The van der Waals surface area contributed by atoms with Gasteiger partial charge in [0, 0.05) is 48.1 Å². The first-order valence-electron chi connectivity index (χ1n) is 8.67. The molecule has 1 saturated heterocycles. The zero-order valence-corrected chi connectivity index (χ0v) is 15.1. The maximum absolute atomic E-state index is 12.8. The van der Waals surface area contributed by atoms with Crippen LogP contribution in [0, 0.1) is 0 Å². The van der Waals surface area contributed by atoms with E-state index in [2.05, 4.69) is 21.9 Å². The van der Waals surface area contributed by atoms with Crippen molar-refractivity contribution in [2.24, 2.45) is 0 Å². The number of carbonyl (C=O) groups is 1. The molecule has 0 aromatic heterocycles. The summed E-state index contributed by atoms with van der Waals surface area (Å²) in [7, 11) is 0. The molecule has 1 fully saturated rings. The molecule has 1 heterocycles. The van der Waals surface area contributed by atoms with E-state index in [-0.39, 0.29) is 12.4 Å². The van der Waals surface area contributed by atoms with Gasteiger partial charge in [-0.3, -0.25) is 14.6 Å². The largest absolute Gasteiger partial charge is 0.395 e. The molecule has 2 aromatic rings. The molecule has 0 radical (unpaired) electrons. The van der Waals surface area contributed by atoms with Crippen molar-refractivity contribution in [1.29, 1.82) is 0 Å². The Kier molecular flexibility index (Phi) is 6.64. The van der Waals surface area contributed by atoms with Gasteiger partial charge in [0.15, 0.2) is 5.78 Å². The highest BCUT2D eigenvalue weighted by Crippen LogP contribution is 2.30. The summed E-state index contributed by atoms with van der Waals surface area (Å²) in [5, 5.41) is 9.02. The van der Waals surface area contributed by atoms with Gasteiger partial charge in [-0.25, -0.2) is 0 Å². The highest BCUT2D eigenvalue weighted by Gasteiger charge is 2.20. The van der Waals surface area contributed by atoms with Gasteiger partial charge in [0.05, 0.1) is 13.2 Å². The summed E-state index contributed by atoms with van der Waals surface area (Å²) in [5.74, 6) is 0.176. The van der Waals surface area contributed by atoms with Gasteiger partial charge in [-0.2, -0.15) is 0 Å². The van der Waals surface area contributed by atoms with E-state index in [1.165, 1.54) is 0 Å². The molecule has 0 amide bonds. The van der Waals surface area contributed by atoms with Crippen LogP contribution in [-0.2, 0) is 0 Å². The Bertz CT molecular complexity index is 685. The molecule has 5 heteroatoms. The molecule has 2 aromatic carbocycles. The molecule has 132 valence electrons. The summed E-state index contributed by atoms with van der Waals surface area (Å²) in [4.78, 5) is 19.4. The third kappa shape index (κ3) is 5.16. The van der Waals surface area contributed by atoms with Gasteiger partial charge in [0.1, 0.15) is 0 Å². The van der Waals surface area contributed by atoms with E-state index in [1.54, 1.807) is 11.8 Å². The molecule has 1 aliphatic heterocycles. The average molecular weight is 356 g/mol. The molecular formula is C20H24N2O2S. The van der Waals surface area contributed by atoms with E-state index >= 15 is 0 Å². The third-order valence-corrected chi connectivity index (χ3v) is 5.49. The maximum Gasteiger partial charge on any atom is 0.177 e. The SMILES string of the molecule is O=C(CN1CCN(CCO)CC1)c1ccccc1Sc1ccccc1. The lowest BCUT2D eigenvalue weighted by Crippen LogP contribution is -2.48. The van der Waals surface area contributed by atoms with Crippen LogP contribution in [0.4, 0.5) is 0 Å². The van der Waals surface area contributed by atoms with Gasteiger partial charge in [0.2, 0.25) is 0 Å². The summed E-state index contributed by atoms with van der Waals surface area (Å²) >= 11 is 1.64. The predicted octanol–water partition coefficient (Wildman–Crippen LogP) is 2.63. The number of aliphatic hydroxyl groups excluding tert-OH is 1. The van der Waals surface area contributed by atoms with Gasteiger partial charge in [-0.1, -0.05) is 48.2 Å². The highest BCUT2D eigenvalue weighted by atomic mass is 32.2. The van der Waals surface area contributed by atoms with Crippen molar-refractivity contribution < 1.29 is 9.90 Å². The number of ketones is 1. The minimum atomic E-state index is 0.176. The van der Waals surface area contributed by atoms with Crippen molar-refractivity contribution >= 4 is 17.5 Å². The minimum Gasteiger partial charge on any atom is -0.395 e. The summed E-state index contributed by atoms with van der Waals surface area (Å²) in [6, 6.07) is 18.0. The fourth-order valence-electron chi connectivity index (χ4n) is 3.00. The zero-order chi connectivity index (χ0) is 17.5. The van der Waals surface area contributed by atoms with Crippen molar-refractivity contribution in [3.05, 3.63) is 60.2 Å². The summed E-state index contributed by atoms with van der Waals surface area (Å²) in [6.07, 6.45) is 0. The molecule has 1 aliphatic rings. The molecule has 0 unspecified atom stereocenters. The van der Waals surface area contributed by atoms with Crippen LogP contribution in [0.1, 0.15) is 10.4 Å². The topological polar surface area (TPSA) is 43.8 Å². The summed E-state index contributed by atoms with van der Waals surface area (Å²) in [5.41, 5.74) is 0.800. The molecule has 25 heavy (non-hydrogen) atoms. The van der Waals surface area contributed by atoms with Crippen molar-refractivity contribution in [3.63, 3.8) is 0 Å². The highest BCUT2D eigenvalue weighted by molar-refractivity contribution is 7.99. The van der Waals surface area contributed by atoms with E-state index < -0.39 is 0 Å². The first-order chi connectivity index (χ1) is 12.3. The Morgan fingerprint density at radius 3 is 2.28 bits per heavy atom. The van der Waals surface area contributed by atoms with Crippen LogP contribution in [0.2, 0.25) is 0 Å². The Hall–Kier alpha value is -1.66. The molecule has 0 spiro atoms. The maximum atomic E-state index is 12.8. The number of benzene rings is 2. The molecule has 0 aliphatic carbocycles. The zero-order valence-electron chi connectivity index (χ0n) is 14.3. The average Bonchev–Trinajstić information content (AvgIpc) is 2.65. The lowest BCUT2D eigenvalue weighted by Gasteiger charge is -2.33. The molecule has 1 N–H and O–H groups in total. The number of rotatable bonds is 7. The van der Waals surface area contributed by atoms with Gasteiger partial charge < -0.3 is 5.11 Å². The van der Waals surface area contributed by atoms with Crippen molar-refractivity contribution in [2.75, 3.05) is 45.9 Å². The van der Waals surface area contributed by atoms with Crippen LogP contribution >= 0.6 is 11.8 Å². The number of Topliss-reactive ketones (excluding diaryl/α,β-unsaturated/α-hetero) is 1. The van der Waals surface area contributed by atoms with Gasteiger partial charge in [-0.05, 0) is 18.2 Å². The Morgan fingerprint density at radius 1 is 0.920 bits per heavy atom. The second-order valence-corrected chi connectivity index (χ2v) is 7.29. The quantitative estimate of drug-likeness (QED) is 0.773. The first kappa shape index (κ1) is 18.1. The van der Waals surface area contributed by atoms with Crippen LogP contribution in [0.5, 0.6) is 0 Å². The predicted molar refractivity (Wildman–Crippen MR) is 101 cm³/mol. The molecule has 4 nitrogen and oxygen atoms in total. The molecule has 0 atom stereocenters. The second-order valence-electron chi connectivity index (χ2n) is 6.18. The Balaban J connectivity index is 1.63. The van der Waals surface area contributed by atoms with E-state index in [4.69, 9.17) is 5.11 Å². The number of piperazine rings is 1. The number of hydrogen-bond acceptors (Lipinski definition) is 5. The van der Waals surface area contributed by atoms with Crippen LogP contribution in [-0.4, -0.2) is 66.6 Å². The van der Waals surface area contributed by atoms with Crippen molar-refractivity contribution in [3.8, 4) is 0 Å². The molecule has 3 rings (SSSR count). The lowest BCUT2D eigenvalue weighted by molar-refractivity contribution is 0.0820. The Labute approximate surface area is 153 Å². The summed E-state index contributed by atoms with van der Waals surface area (Å²) in [6.45, 7) is 4.95. The van der Waals surface area contributed by atoms with Gasteiger partial charge >= 0.3 is 0 Å². The van der Waals surface area contributed by atoms with E-state index in [9.17, 15) is 4.79 Å². The van der Waals surface area contributed by atoms with E-state index in [1.807, 2.05) is 42.5 Å². The number of hydrogen-bond donors (Lipinski definition) is 1. The minimum absolute atomic E-state index is 0.176. The lowest BCUT2D eigenvalue weighted by atomic mass is 10.1. The monoisotopic (exact) mass is 356 g/mol. The fraction of sp³-hybridized carbons (Fsp3) is 0.350. The number of nitrogens with zero attached hydrogens (tertiary/aromatic N) is 2. The van der Waals surface area contributed by atoms with Gasteiger partial charge in [0.25, 0.3) is 0 Å². The van der Waals surface area contributed by atoms with Crippen LogP contribution in [0.15, 0.2) is 64.4 Å². The van der Waals surface area contributed by atoms with Crippen LogP contribution in [0.3, 0.4) is 0 Å². The third-order valence-electron chi connectivity index (χ3n) is 4.41. The smallest absolute Gasteiger partial charge is 0.177 e. The summed E-state index contributed by atoms with van der Waals surface area (Å²) < 4.78 is 0. The van der Waals surface area contributed by atoms with Crippen LogP contribution in [0.25, 0.3) is 0 Å². The van der Waals surface area contributed by atoms with E-state index in [0.29, 0.717) is 6.54 Å². The van der Waals surface area contributed by atoms with E-state index in [0.717, 1.165) is 48.1 Å².